The molecule has 1 aromatic carbocycles. The lowest BCUT2D eigenvalue weighted by molar-refractivity contribution is 0.470. The van der Waals surface area contributed by atoms with Crippen LogP contribution in [-0.4, -0.2) is 41.3 Å². The Kier molecular flexibility index (Phi) is 8.01. The molecule has 0 aliphatic carbocycles. The van der Waals surface area contributed by atoms with Gasteiger partial charge in [0.2, 0.25) is 0 Å². The minimum Gasteiger partial charge on any atom is -0.354 e. The Bertz CT molecular complexity index is 624. The van der Waals surface area contributed by atoms with Crippen molar-refractivity contribution < 1.29 is 4.39 Å². The average Bonchev–Trinajstić information content (AvgIpc) is 2.91. The summed E-state index contributed by atoms with van der Waals surface area (Å²) in [6.07, 6.45) is 3.85. The van der Waals surface area contributed by atoms with E-state index < -0.39 is 0 Å². The summed E-state index contributed by atoms with van der Waals surface area (Å²) in [4.78, 5) is 6.27. The fourth-order valence-electron chi connectivity index (χ4n) is 2.19. The van der Waals surface area contributed by atoms with Crippen LogP contribution in [0.2, 0.25) is 0 Å². The monoisotopic (exact) mass is 431 g/mol. The second kappa shape index (κ2) is 9.49. The highest BCUT2D eigenvalue weighted by Crippen LogP contribution is 2.05. The third-order valence-electron chi connectivity index (χ3n) is 3.29. The van der Waals surface area contributed by atoms with Crippen molar-refractivity contribution in [2.75, 3.05) is 20.6 Å². The topological polar surface area (TPSA) is 45.5 Å². The lowest BCUT2D eigenvalue weighted by Crippen LogP contribution is -2.39. The van der Waals surface area contributed by atoms with E-state index in [0.29, 0.717) is 6.54 Å². The molecule has 1 N–H and O–H groups in total. The fraction of sp³-hybridized carbons (Fsp3) is 0.375. The zero-order valence-corrected chi connectivity index (χ0v) is 16.0. The van der Waals surface area contributed by atoms with Gasteiger partial charge < -0.3 is 10.2 Å². The van der Waals surface area contributed by atoms with Crippen molar-refractivity contribution in [1.29, 1.82) is 0 Å². The molecule has 7 heteroatoms. The molecule has 0 aliphatic rings. The van der Waals surface area contributed by atoms with Crippen LogP contribution in [0, 0.1) is 12.7 Å². The number of nitrogens with zero attached hydrogens (tertiary/aromatic N) is 4. The molecule has 0 saturated heterocycles. The Balaban J connectivity index is 0.00000264. The Hall–Kier alpha value is -1.64. The van der Waals surface area contributed by atoms with Crippen molar-refractivity contribution in [3.63, 3.8) is 0 Å². The third kappa shape index (κ3) is 6.17. The molecule has 1 aromatic heterocycles. The molecule has 0 amide bonds. The molecule has 0 atom stereocenters. The summed E-state index contributed by atoms with van der Waals surface area (Å²) in [5, 5.41) is 7.55. The van der Waals surface area contributed by atoms with Crippen LogP contribution in [0.5, 0.6) is 0 Å². The zero-order chi connectivity index (χ0) is 15.9. The Morgan fingerprint density at radius 1 is 1.35 bits per heavy atom. The van der Waals surface area contributed by atoms with E-state index >= 15 is 0 Å². The van der Waals surface area contributed by atoms with E-state index in [1.807, 2.05) is 35.9 Å². The van der Waals surface area contributed by atoms with Crippen molar-refractivity contribution in [3.05, 3.63) is 53.6 Å². The van der Waals surface area contributed by atoms with Gasteiger partial charge in [-0.3, -0.25) is 9.67 Å². The summed E-state index contributed by atoms with van der Waals surface area (Å²) in [5.41, 5.74) is 2.19. The van der Waals surface area contributed by atoms with E-state index in [9.17, 15) is 4.39 Å². The third-order valence-corrected chi connectivity index (χ3v) is 3.29. The normalized spacial score (nSPS) is 11.0. The van der Waals surface area contributed by atoms with Gasteiger partial charge in [-0.1, -0.05) is 12.1 Å². The van der Waals surface area contributed by atoms with E-state index in [0.717, 1.165) is 30.2 Å². The first kappa shape index (κ1) is 19.4. The number of halogens is 2. The predicted molar refractivity (Wildman–Crippen MR) is 102 cm³/mol. The van der Waals surface area contributed by atoms with Crippen LogP contribution in [0.1, 0.15) is 11.1 Å². The first-order chi connectivity index (χ1) is 10.6. The quantitative estimate of drug-likeness (QED) is 0.450. The largest absolute Gasteiger partial charge is 0.354 e. The SMILES string of the molecule is CN=C(NCCn1cc(C)cn1)N(C)Cc1ccc(F)cc1.I. The minimum atomic E-state index is -0.219. The number of hydrogen-bond acceptors (Lipinski definition) is 2. The number of aryl methyl sites for hydroxylation is 1. The van der Waals surface area contributed by atoms with Gasteiger partial charge in [0.05, 0.1) is 12.7 Å². The zero-order valence-electron chi connectivity index (χ0n) is 13.7. The van der Waals surface area contributed by atoms with Gasteiger partial charge in [0.25, 0.3) is 0 Å². The van der Waals surface area contributed by atoms with Gasteiger partial charge in [-0.05, 0) is 30.2 Å². The van der Waals surface area contributed by atoms with Gasteiger partial charge in [0.15, 0.2) is 5.96 Å². The number of aromatic nitrogens is 2. The summed E-state index contributed by atoms with van der Waals surface area (Å²) < 4.78 is 14.8. The van der Waals surface area contributed by atoms with Crippen LogP contribution in [0.3, 0.4) is 0 Å². The lowest BCUT2D eigenvalue weighted by Gasteiger charge is -2.22. The van der Waals surface area contributed by atoms with Crippen molar-refractivity contribution >= 4 is 29.9 Å². The number of guanidine groups is 1. The first-order valence-electron chi connectivity index (χ1n) is 7.24. The second-order valence-electron chi connectivity index (χ2n) is 5.24. The van der Waals surface area contributed by atoms with Crippen LogP contribution in [-0.2, 0) is 13.1 Å². The molecule has 2 rings (SSSR count). The van der Waals surface area contributed by atoms with Crippen LogP contribution in [0.25, 0.3) is 0 Å². The summed E-state index contributed by atoms with van der Waals surface area (Å²) in [6.45, 7) is 4.20. The highest BCUT2D eigenvalue weighted by Gasteiger charge is 2.06. The van der Waals surface area contributed by atoms with Gasteiger partial charge in [-0.2, -0.15) is 5.10 Å². The highest BCUT2D eigenvalue weighted by atomic mass is 127. The molecule has 23 heavy (non-hydrogen) atoms. The van der Waals surface area contributed by atoms with E-state index in [1.165, 1.54) is 12.1 Å². The van der Waals surface area contributed by atoms with Crippen molar-refractivity contribution in [3.8, 4) is 0 Å². The highest BCUT2D eigenvalue weighted by molar-refractivity contribution is 14.0. The molecule has 1 heterocycles. The average molecular weight is 431 g/mol. The molecule has 0 radical (unpaired) electrons. The number of rotatable bonds is 5. The lowest BCUT2D eigenvalue weighted by atomic mass is 10.2. The minimum absolute atomic E-state index is 0. The van der Waals surface area contributed by atoms with Crippen LogP contribution < -0.4 is 5.32 Å². The van der Waals surface area contributed by atoms with Crippen LogP contribution >= 0.6 is 24.0 Å². The van der Waals surface area contributed by atoms with Crippen LogP contribution in [0.15, 0.2) is 41.7 Å². The molecule has 0 unspecified atom stereocenters. The maximum Gasteiger partial charge on any atom is 0.193 e. The maximum atomic E-state index is 12.9. The molecule has 0 saturated carbocycles. The number of hydrogen-bond donors (Lipinski definition) is 1. The van der Waals surface area contributed by atoms with Crippen molar-refractivity contribution in [2.45, 2.75) is 20.0 Å². The van der Waals surface area contributed by atoms with E-state index in [-0.39, 0.29) is 29.8 Å². The molecule has 126 valence electrons. The Labute approximate surface area is 153 Å². The Morgan fingerprint density at radius 3 is 2.61 bits per heavy atom. The molecule has 2 aromatic rings. The van der Waals surface area contributed by atoms with Crippen LogP contribution in [0.4, 0.5) is 4.39 Å². The van der Waals surface area contributed by atoms with E-state index in [4.69, 9.17) is 0 Å². The van der Waals surface area contributed by atoms with Gasteiger partial charge in [0.1, 0.15) is 5.82 Å². The van der Waals surface area contributed by atoms with Crippen molar-refractivity contribution in [1.82, 2.24) is 20.0 Å². The van der Waals surface area contributed by atoms with Gasteiger partial charge in [-0.15, -0.1) is 24.0 Å². The molecular formula is C16H23FIN5. The van der Waals surface area contributed by atoms with E-state index in [2.05, 4.69) is 15.4 Å². The number of aliphatic imine (C=N–C) groups is 1. The molecule has 0 spiro atoms. The number of benzene rings is 1. The standard InChI is InChI=1S/C16H22FN5.HI/c1-13-10-20-22(11-13)9-8-19-16(18-2)21(3)12-14-4-6-15(17)7-5-14;/h4-7,10-11H,8-9,12H2,1-3H3,(H,18,19);1H. The fourth-order valence-corrected chi connectivity index (χ4v) is 2.19. The molecule has 0 aliphatic heterocycles. The van der Waals surface area contributed by atoms with Crippen molar-refractivity contribution in [2.24, 2.45) is 4.99 Å². The smallest absolute Gasteiger partial charge is 0.193 e. The van der Waals surface area contributed by atoms with Gasteiger partial charge in [0, 0.05) is 33.4 Å². The molecular weight excluding hydrogens is 408 g/mol. The maximum absolute atomic E-state index is 12.9. The summed E-state index contributed by atoms with van der Waals surface area (Å²) in [6, 6.07) is 6.51. The van der Waals surface area contributed by atoms with Gasteiger partial charge >= 0.3 is 0 Å². The first-order valence-corrected chi connectivity index (χ1v) is 7.24. The molecule has 5 nitrogen and oxygen atoms in total. The van der Waals surface area contributed by atoms with Gasteiger partial charge in [-0.25, -0.2) is 4.39 Å². The molecule has 0 fully saturated rings. The summed E-state index contributed by atoms with van der Waals surface area (Å²) >= 11 is 0. The Morgan fingerprint density at radius 2 is 2.04 bits per heavy atom. The number of nitrogens with one attached hydrogen (secondary N) is 1. The predicted octanol–water partition coefficient (Wildman–Crippen LogP) is 2.66. The van der Waals surface area contributed by atoms with E-state index in [1.54, 1.807) is 19.2 Å². The summed E-state index contributed by atoms with van der Waals surface area (Å²) in [7, 11) is 3.71. The second-order valence-corrected chi connectivity index (χ2v) is 5.24. The molecule has 0 bridgehead atoms. The summed E-state index contributed by atoms with van der Waals surface area (Å²) in [5.74, 6) is 0.580.